The third kappa shape index (κ3) is 3.10. The van der Waals surface area contributed by atoms with Crippen LogP contribution in [0.3, 0.4) is 0 Å². The molecule has 2 rings (SSSR count). The topological polar surface area (TPSA) is 3.24 Å². The molecule has 0 aromatic heterocycles. The van der Waals surface area contributed by atoms with E-state index in [2.05, 4.69) is 4.90 Å². The minimum Gasteiger partial charge on any atom is -0.299 e. The van der Waals surface area contributed by atoms with Crippen molar-refractivity contribution in [1.29, 1.82) is 0 Å². The van der Waals surface area contributed by atoms with Gasteiger partial charge in [-0.05, 0) is 49.7 Å². The van der Waals surface area contributed by atoms with Crippen molar-refractivity contribution in [3.63, 3.8) is 0 Å². The molecule has 1 aromatic rings. The predicted octanol–water partition coefficient (Wildman–Crippen LogP) is 3.98. The first-order valence-electron chi connectivity index (χ1n) is 5.42. The standard InChI is InChI=1S/C12H15Cl2N/c13-11-4-5-12(14)10(8-11)9-15-6-2-1-3-7-15/h4-5,8H,1-3,6-7,9H2. The molecule has 0 aliphatic carbocycles. The van der Waals surface area contributed by atoms with Crippen LogP contribution in [-0.4, -0.2) is 18.0 Å². The summed E-state index contributed by atoms with van der Waals surface area (Å²) >= 11 is 12.1. The summed E-state index contributed by atoms with van der Waals surface area (Å²) in [5, 5.41) is 1.59. The van der Waals surface area contributed by atoms with Crippen molar-refractivity contribution in [2.75, 3.05) is 13.1 Å². The molecule has 1 fully saturated rings. The normalized spacial score (nSPS) is 18.0. The Balaban J connectivity index is 2.05. The van der Waals surface area contributed by atoms with E-state index in [1.54, 1.807) is 0 Å². The Hall–Kier alpha value is -0.240. The molecule has 1 aliphatic rings. The summed E-state index contributed by atoms with van der Waals surface area (Å²) in [6.07, 6.45) is 3.97. The lowest BCUT2D eigenvalue weighted by Gasteiger charge is -2.26. The molecular formula is C12H15Cl2N. The Kier molecular flexibility index (Phi) is 3.90. The van der Waals surface area contributed by atoms with Crippen molar-refractivity contribution in [3.8, 4) is 0 Å². The second-order valence-corrected chi connectivity index (χ2v) is 4.92. The Morgan fingerprint density at radius 3 is 2.53 bits per heavy atom. The molecule has 1 saturated heterocycles. The van der Waals surface area contributed by atoms with Crippen LogP contribution in [0.4, 0.5) is 0 Å². The fourth-order valence-corrected chi connectivity index (χ4v) is 2.39. The fourth-order valence-electron chi connectivity index (χ4n) is 2.02. The summed E-state index contributed by atoms with van der Waals surface area (Å²) in [5.41, 5.74) is 1.14. The fraction of sp³-hybridized carbons (Fsp3) is 0.500. The number of likely N-dealkylation sites (tertiary alicyclic amines) is 1. The first-order chi connectivity index (χ1) is 7.25. The lowest BCUT2D eigenvalue weighted by molar-refractivity contribution is 0.221. The van der Waals surface area contributed by atoms with E-state index in [0.29, 0.717) is 0 Å². The SMILES string of the molecule is Clc1ccc(Cl)c(CN2CCCCC2)c1. The van der Waals surface area contributed by atoms with Crippen molar-refractivity contribution < 1.29 is 0 Å². The average molecular weight is 244 g/mol. The van der Waals surface area contributed by atoms with E-state index in [1.165, 1.54) is 32.4 Å². The molecule has 0 unspecified atom stereocenters. The molecule has 0 spiro atoms. The van der Waals surface area contributed by atoms with E-state index < -0.39 is 0 Å². The Bertz CT molecular complexity index is 332. The van der Waals surface area contributed by atoms with E-state index >= 15 is 0 Å². The van der Waals surface area contributed by atoms with Gasteiger partial charge < -0.3 is 0 Å². The highest BCUT2D eigenvalue weighted by molar-refractivity contribution is 6.33. The molecule has 0 amide bonds. The maximum atomic E-state index is 6.13. The Morgan fingerprint density at radius 1 is 1.07 bits per heavy atom. The first-order valence-corrected chi connectivity index (χ1v) is 6.17. The van der Waals surface area contributed by atoms with E-state index in [9.17, 15) is 0 Å². The van der Waals surface area contributed by atoms with Crippen molar-refractivity contribution in [2.24, 2.45) is 0 Å². The molecule has 1 nitrogen and oxygen atoms in total. The van der Waals surface area contributed by atoms with Crippen molar-refractivity contribution in [1.82, 2.24) is 4.90 Å². The lowest BCUT2D eigenvalue weighted by Crippen LogP contribution is -2.29. The third-order valence-corrected chi connectivity index (χ3v) is 3.45. The molecule has 15 heavy (non-hydrogen) atoms. The minimum absolute atomic E-state index is 0.770. The summed E-state index contributed by atoms with van der Waals surface area (Å²) in [6, 6.07) is 5.69. The molecule has 0 N–H and O–H groups in total. The van der Waals surface area contributed by atoms with Gasteiger partial charge in [-0.25, -0.2) is 0 Å². The summed E-state index contributed by atoms with van der Waals surface area (Å²) in [6.45, 7) is 3.30. The maximum absolute atomic E-state index is 6.13. The van der Waals surface area contributed by atoms with Crippen LogP contribution in [-0.2, 0) is 6.54 Å². The van der Waals surface area contributed by atoms with Gasteiger partial charge in [-0.1, -0.05) is 29.6 Å². The summed E-state index contributed by atoms with van der Waals surface area (Å²) in [5.74, 6) is 0. The van der Waals surface area contributed by atoms with Gasteiger partial charge in [0.25, 0.3) is 0 Å². The molecule has 1 aromatic carbocycles. The second kappa shape index (κ2) is 5.20. The van der Waals surface area contributed by atoms with E-state index in [-0.39, 0.29) is 0 Å². The smallest absolute Gasteiger partial charge is 0.0452 e. The van der Waals surface area contributed by atoms with Gasteiger partial charge in [0.15, 0.2) is 0 Å². The highest BCUT2D eigenvalue weighted by Crippen LogP contribution is 2.23. The van der Waals surface area contributed by atoms with Crippen LogP contribution in [0, 0.1) is 0 Å². The van der Waals surface area contributed by atoms with Gasteiger partial charge in [0.1, 0.15) is 0 Å². The molecule has 82 valence electrons. The average Bonchev–Trinajstić information content (AvgIpc) is 2.25. The third-order valence-electron chi connectivity index (χ3n) is 2.85. The lowest BCUT2D eigenvalue weighted by atomic mass is 10.1. The van der Waals surface area contributed by atoms with Gasteiger partial charge >= 0.3 is 0 Å². The maximum Gasteiger partial charge on any atom is 0.0452 e. The van der Waals surface area contributed by atoms with Crippen LogP contribution >= 0.6 is 23.2 Å². The molecule has 1 heterocycles. The molecule has 0 radical (unpaired) electrons. The van der Waals surface area contributed by atoms with Gasteiger partial charge in [-0.2, -0.15) is 0 Å². The highest BCUT2D eigenvalue weighted by atomic mass is 35.5. The van der Waals surface area contributed by atoms with E-state index in [0.717, 1.165) is 22.2 Å². The number of nitrogens with zero attached hydrogens (tertiary/aromatic N) is 1. The molecule has 1 aliphatic heterocycles. The van der Waals surface area contributed by atoms with E-state index in [4.69, 9.17) is 23.2 Å². The molecule has 0 saturated carbocycles. The number of rotatable bonds is 2. The van der Waals surface area contributed by atoms with Gasteiger partial charge in [-0.3, -0.25) is 4.90 Å². The monoisotopic (exact) mass is 243 g/mol. The molecule has 3 heteroatoms. The largest absolute Gasteiger partial charge is 0.299 e. The predicted molar refractivity (Wildman–Crippen MR) is 65.6 cm³/mol. The quantitative estimate of drug-likeness (QED) is 0.760. The number of benzene rings is 1. The van der Waals surface area contributed by atoms with Gasteiger partial charge in [0, 0.05) is 16.6 Å². The number of hydrogen-bond acceptors (Lipinski definition) is 1. The van der Waals surface area contributed by atoms with Crippen LogP contribution in [0.1, 0.15) is 24.8 Å². The minimum atomic E-state index is 0.770. The van der Waals surface area contributed by atoms with Gasteiger partial charge in [0.2, 0.25) is 0 Å². The van der Waals surface area contributed by atoms with Crippen LogP contribution in [0.5, 0.6) is 0 Å². The zero-order valence-electron chi connectivity index (χ0n) is 8.68. The van der Waals surface area contributed by atoms with Gasteiger partial charge in [-0.15, -0.1) is 0 Å². The Labute approximate surface area is 101 Å². The second-order valence-electron chi connectivity index (χ2n) is 4.07. The first kappa shape index (κ1) is 11.3. The van der Waals surface area contributed by atoms with Crippen molar-refractivity contribution in [3.05, 3.63) is 33.8 Å². The molecule has 0 atom stereocenters. The van der Waals surface area contributed by atoms with Crippen LogP contribution in [0.2, 0.25) is 10.0 Å². The van der Waals surface area contributed by atoms with E-state index in [1.807, 2.05) is 18.2 Å². The van der Waals surface area contributed by atoms with Gasteiger partial charge in [0.05, 0.1) is 0 Å². The van der Waals surface area contributed by atoms with Crippen molar-refractivity contribution >= 4 is 23.2 Å². The zero-order valence-corrected chi connectivity index (χ0v) is 10.2. The van der Waals surface area contributed by atoms with Crippen molar-refractivity contribution in [2.45, 2.75) is 25.8 Å². The Morgan fingerprint density at radius 2 is 1.80 bits per heavy atom. The summed E-state index contributed by atoms with van der Waals surface area (Å²) < 4.78 is 0. The zero-order chi connectivity index (χ0) is 10.7. The number of piperidine rings is 1. The summed E-state index contributed by atoms with van der Waals surface area (Å²) in [4.78, 5) is 2.45. The highest BCUT2D eigenvalue weighted by Gasteiger charge is 2.12. The molecular weight excluding hydrogens is 229 g/mol. The molecule has 0 bridgehead atoms. The van der Waals surface area contributed by atoms with Crippen LogP contribution < -0.4 is 0 Å². The van der Waals surface area contributed by atoms with Crippen LogP contribution in [0.25, 0.3) is 0 Å². The number of hydrogen-bond donors (Lipinski definition) is 0. The number of halogens is 2. The summed E-state index contributed by atoms with van der Waals surface area (Å²) in [7, 11) is 0. The van der Waals surface area contributed by atoms with Crippen LogP contribution in [0.15, 0.2) is 18.2 Å².